The summed E-state index contributed by atoms with van der Waals surface area (Å²) in [6.45, 7) is 2.95. The lowest BCUT2D eigenvalue weighted by Crippen LogP contribution is -2.09. The van der Waals surface area contributed by atoms with Crippen LogP contribution in [0.4, 0.5) is 4.39 Å². The average molecular weight is 228 g/mol. The van der Waals surface area contributed by atoms with Crippen LogP contribution >= 0.6 is 11.8 Å². The van der Waals surface area contributed by atoms with Gasteiger partial charge in [0, 0.05) is 10.5 Å². The highest BCUT2D eigenvalue weighted by atomic mass is 32.2. The van der Waals surface area contributed by atoms with Gasteiger partial charge in [-0.15, -0.1) is 11.8 Å². The Labute approximate surface area is 92.5 Å². The number of thioether (sulfide) groups is 1. The molecule has 0 unspecified atom stereocenters. The van der Waals surface area contributed by atoms with Crippen molar-refractivity contribution in [1.82, 2.24) is 0 Å². The molecule has 0 aliphatic heterocycles. The number of benzene rings is 1. The molecule has 0 fully saturated rings. The van der Waals surface area contributed by atoms with Crippen molar-refractivity contribution in [3.05, 3.63) is 28.6 Å². The molecule has 0 saturated carbocycles. The zero-order valence-corrected chi connectivity index (χ0v) is 9.74. The minimum atomic E-state index is -0.585. The lowest BCUT2D eigenvalue weighted by Gasteiger charge is -2.11. The quantitative estimate of drug-likeness (QED) is 0.637. The topological polar surface area (TPSA) is 37.3 Å². The Kier molecular flexibility index (Phi) is 3.88. The van der Waals surface area contributed by atoms with Crippen LogP contribution in [0.3, 0.4) is 0 Å². The molecule has 82 valence electrons. The third kappa shape index (κ3) is 2.21. The van der Waals surface area contributed by atoms with E-state index in [1.165, 1.54) is 17.8 Å². The van der Waals surface area contributed by atoms with Gasteiger partial charge in [-0.25, -0.2) is 4.39 Å². The summed E-state index contributed by atoms with van der Waals surface area (Å²) in [4.78, 5) is 11.9. The molecule has 1 aromatic carbocycles. The van der Waals surface area contributed by atoms with Gasteiger partial charge in [0.15, 0.2) is 5.78 Å². The van der Waals surface area contributed by atoms with E-state index in [-0.39, 0.29) is 5.56 Å². The van der Waals surface area contributed by atoms with Crippen LogP contribution in [-0.4, -0.2) is 23.8 Å². The normalized spacial score (nSPS) is 10.5. The smallest absolute Gasteiger partial charge is 0.188 e. The van der Waals surface area contributed by atoms with Crippen LogP contribution in [0.5, 0.6) is 0 Å². The van der Waals surface area contributed by atoms with E-state index in [1.807, 2.05) is 0 Å². The van der Waals surface area contributed by atoms with Crippen molar-refractivity contribution in [2.24, 2.45) is 0 Å². The monoisotopic (exact) mass is 228 g/mol. The van der Waals surface area contributed by atoms with E-state index in [4.69, 9.17) is 5.11 Å². The molecule has 2 nitrogen and oxygen atoms in total. The summed E-state index contributed by atoms with van der Waals surface area (Å²) in [5.41, 5.74) is 1.77. The first-order valence-corrected chi connectivity index (χ1v) is 5.73. The molecular formula is C11H13FO2S. The second kappa shape index (κ2) is 4.77. The molecule has 0 heterocycles. The van der Waals surface area contributed by atoms with Crippen molar-refractivity contribution in [3.8, 4) is 0 Å². The molecule has 15 heavy (non-hydrogen) atoms. The molecule has 0 amide bonds. The minimum Gasteiger partial charge on any atom is -0.388 e. The van der Waals surface area contributed by atoms with Crippen molar-refractivity contribution in [2.75, 3.05) is 12.9 Å². The van der Waals surface area contributed by atoms with Crippen LogP contribution in [0.2, 0.25) is 0 Å². The summed E-state index contributed by atoms with van der Waals surface area (Å²) in [6, 6.07) is 1.20. The predicted molar refractivity (Wildman–Crippen MR) is 59.1 cm³/mol. The number of hydrogen-bond acceptors (Lipinski definition) is 3. The van der Waals surface area contributed by atoms with Gasteiger partial charge in [-0.1, -0.05) is 0 Å². The summed E-state index contributed by atoms with van der Waals surface area (Å²) < 4.78 is 13.5. The number of halogens is 1. The lowest BCUT2D eigenvalue weighted by molar-refractivity contribution is 0.0902. The predicted octanol–water partition coefficient (Wildman–Crippen LogP) is 2.34. The van der Waals surface area contributed by atoms with Crippen LogP contribution in [0, 0.1) is 19.7 Å². The number of Topliss-reactive ketones (excluding diaryl/α,β-unsaturated/α-hetero) is 1. The highest BCUT2D eigenvalue weighted by Gasteiger charge is 2.15. The van der Waals surface area contributed by atoms with E-state index < -0.39 is 18.2 Å². The van der Waals surface area contributed by atoms with Crippen molar-refractivity contribution < 1.29 is 14.3 Å². The number of carbonyl (C=O) groups excluding carboxylic acids is 1. The molecule has 0 aliphatic carbocycles. The van der Waals surface area contributed by atoms with Gasteiger partial charge >= 0.3 is 0 Å². The molecule has 0 aromatic heterocycles. The molecular weight excluding hydrogens is 215 g/mol. The SMILES string of the molecule is CSc1c(F)cc(C(=O)CO)c(C)c1C. The molecule has 4 heteroatoms. The van der Waals surface area contributed by atoms with Crippen molar-refractivity contribution in [2.45, 2.75) is 18.7 Å². The summed E-state index contributed by atoms with van der Waals surface area (Å²) in [6.07, 6.45) is 1.79. The number of carbonyl (C=O) groups is 1. The van der Waals surface area contributed by atoms with Crippen molar-refractivity contribution in [3.63, 3.8) is 0 Å². The van der Waals surface area contributed by atoms with Gasteiger partial charge in [-0.05, 0) is 37.3 Å². The second-order valence-electron chi connectivity index (χ2n) is 3.27. The number of hydrogen-bond donors (Lipinski definition) is 1. The van der Waals surface area contributed by atoms with Gasteiger partial charge in [0.1, 0.15) is 12.4 Å². The fourth-order valence-electron chi connectivity index (χ4n) is 1.48. The molecule has 0 aliphatic rings. The minimum absolute atomic E-state index is 0.269. The Morgan fingerprint density at radius 2 is 2.07 bits per heavy atom. The Hall–Kier alpha value is -0.870. The zero-order valence-electron chi connectivity index (χ0n) is 8.93. The van der Waals surface area contributed by atoms with Crippen LogP contribution in [0.1, 0.15) is 21.5 Å². The molecule has 0 spiro atoms. The van der Waals surface area contributed by atoms with Crippen LogP contribution in [0.15, 0.2) is 11.0 Å². The number of aliphatic hydroxyl groups is 1. The fourth-order valence-corrected chi connectivity index (χ4v) is 2.19. The zero-order chi connectivity index (χ0) is 11.6. The van der Waals surface area contributed by atoms with E-state index in [1.54, 1.807) is 20.1 Å². The fraction of sp³-hybridized carbons (Fsp3) is 0.364. The molecule has 0 radical (unpaired) electrons. The third-order valence-corrected chi connectivity index (χ3v) is 3.35. The summed E-state index contributed by atoms with van der Waals surface area (Å²) in [5.74, 6) is -0.843. The van der Waals surface area contributed by atoms with Gasteiger partial charge in [0.25, 0.3) is 0 Å². The number of aliphatic hydroxyl groups excluding tert-OH is 1. The number of rotatable bonds is 3. The van der Waals surface area contributed by atoms with Gasteiger partial charge in [-0.2, -0.15) is 0 Å². The van der Waals surface area contributed by atoms with Gasteiger partial charge in [0.05, 0.1) is 0 Å². The molecule has 1 aromatic rings. The molecule has 1 N–H and O–H groups in total. The third-order valence-electron chi connectivity index (χ3n) is 2.44. The highest BCUT2D eigenvalue weighted by molar-refractivity contribution is 7.98. The first kappa shape index (κ1) is 12.2. The number of ketones is 1. The standard InChI is InChI=1S/C11H13FO2S/c1-6-7(2)11(15-3)9(12)4-8(6)10(14)5-13/h4,13H,5H2,1-3H3. The molecule has 1 rings (SSSR count). The largest absolute Gasteiger partial charge is 0.388 e. The Morgan fingerprint density at radius 1 is 1.47 bits per heavy atom. The molecule has 0 bridgehead atoms. The van der Waals surface area contributed by atoms with Gasteiger partial charge in [-0.3, -0.25) is 4.79 Å². The second-order valence-corrected chi connectivity index (χ2v) is 4.09. The van der Waals surface area contributed by atoms with E-state index in [9.17, 15) is 9.18 Å². The molecule has 0 atom stereocenters. The maximum atomic E-state index is 13.5. The summed E-state index contributed by atoms with van der Waals surface area (Å²) >= 11 is 1.32. The average Bonchev–Trinajstić information content (AvgIpc) is 2.23. The van der Waals surface area contributed by atoms with Crippen LogP contribution in [0.25, 0.3) is 0 Å². The maximum absolute atomic E-state index is 13.5. The first-order valence-electron chi connectivity index (χ1n) is 4.50. The van der Waals surface area contributed by atoms with Crippen LogP contribution in [-0.2, 0) is 0 Å². The van der Waals surface area contributed by atoms with Crippen LogP contribution < -0.4 is 0 Å². The van der Waals surface area contributed by atoms with Crippen molar-refractivity contribution in [1.29, 1.82) is 0 Å². The first-order chi connectivity index (χ1) is 7.02. The van der Waals surface area contributed by atoms with E-state index in [2.05, 4.69) is 0 Å². The summed E-state index contributed by atoms with van der Waals surface area (Å²) in [7, 11) is 0. The van der Waals surface area contributed by atoms with Gasteiger partial charge < -0.3 is 5.11 Å². The van der Waals surface area contributed by atoms with E-state index in [0.717, 1.165) is 11.1 Å². The van der Waals surface area contributed by atoms with Gasteiger partial charge in [0.2, 0.25) is 0 Å². The molecule has 0 saturated heterocycles. The van der Waals surface area contributed by atoms with E-state index >= 15 is 0 Å². The highest BCUT2D eigenvalue weighted by Crippen LogP contribution is 2.28. The van der Waals surface area contributed by atoms with Crippen molar-refractivity contribution >= 4 is 17.5 Å². The van der Waals surface area contributed by atoms with E-state index in [0.29, 0.717) is 4.90 Å². The maximum Gasteiger partial charge on any atom is 0.188 e. The lowest BCUT2D eigenvalue weighted by atomic mass is 10.00. The Balaban J connectivity index is 3.40. The summed E-state index contributed by atoms with van der Waals surface area (Å²) in [5, 5.41) is 8.74. The Morgan fingerprint density at radius 3 is 2.53 bits per heavy atom. The Bertz CT molecular complexity index is 402.